The summed E-state index contributed by atoms with van der Waals surface area (Å²) in [6, 6.07) is 8.07. The number of para-hydroxylation sites is 1. The minimum Gasteiger partial charge on any atom is -0.482 e. The first kappa shape index (κ1) is 40.5. The number of fused-ring (bicyclic) bond motifs is 4. The number of thioether (sulfide) groups is 1. The molecule has 0 radical (unpaired) electrons. The average molecular weight is 826 g/mol. The van der Waals surface area contributed by atoms with E-state index in [-0.39, 0.29) is 35.0 Å². The van der Waals surface area contributed by atoms with E-state index in [0.717, 1.165) is 33.7 Å². The van der Waals surface area contributed by atoms with Gasteiger partial charge in [0.1, 0.15) is 23.0 Å². The normalized spacial score (nSPS) is 29.0. The molecule has 7 aliphatic rings. The summed E-state index contributed by atoms with van der Waals surface area (Å²) < 4.78 is 33.5. The molecule has 0 aromatic heterocycles. The van der Waals surface area contributed by atoms with Crippen LogP contribution in [-0.2, 0) is 30.3 Å². The quantitative estimate of drug-likeness (QED) is 0.0818. The molecule has 2 aromatic carbocycles. The van der Waals surface area contributed by atoms with E-state index in [2.05, 4.69) is 44.3 Å². The molecule has 4 fully saturated rings. The standard InChI is InChI=1S/C47H52ClNO8S/c1-25(2)13-12-20-45(8)21-19-29-38(55-45)28(17-16-26(3)4)40-35(39(29)54-34(50)24-48)37-36-41(58-32-15-11-10-14-31(32)49-37)30-23-33-44(6,7)57-46(42(30)51,47(33,36)56-40)22-18-27(5)43(52)53-9/h10-11,13-16,18-19,21,30,33,41,49H,12,17,20,22-24H2,1-9H3/b27-18-. The van der Waals surface area contributed by atoms with Gasteiger partial charge >= 0.3 is 11.9 Å². The molecule has 1 N–H and O–H groups in total. The van der Waals surface area contributed by atoms with E-state index in [1.54, 1.807) is 24.8 Å². The van der Waals surface area contributed by atoms with Crippen molar-refractivity contribution in [1.29, 1.82) is 0 Å². The molecule has 4 aliphatic heterocycles. The topological polar surface area (TPSA) is 109 Å². The smallest absolute Gasteiger partial charge is 0.333 e. The summed E-state index contributed by atoms with van der Waals surface area (Å²) in [6.45, 7) is 16.1. The Balaban J connectivity index is 1.48. The van der Waals surface area contributed by atoms with E-state index >= 15 is 4.79 Å². The highest BCUT2D eigenvalue weighted by atomic mass is 35.5. The van der Waals surface area contributed by atoms with Crippen molar-refractivity contribution in [2.75, 3.05) is 18.3 Å². The molecule has 58 heavy (non-hydrogen) atoms. The highest BCUT2D eigenvalue weighted by Crippen LogP contribution is 2.73. The summed E-state index contributed by atoms with van der Waals surface area (Å²) in [7, 11) is 1.34. The second kappa shape index (κ2) is 14.5. The number of rotatable bonds is 10. The number of hydrogen-bond acceptors (Lipinski definition) is 10. The second-order valence-electron chi connectivity index (χ2n) is 17.6. The number of ether oxygens (including phenoxy) is 5. The molecular formula is C47H52ClNO8S. The van der Waals surface area contributed by atoms with Gasteiger partial charge in [0.15, 0.2) is 22.7 Å². The molecule has 11 heteroatoms. The van der Waals surface area contributed by atoms with Crippen LogP contribution in [0.25, 0.3) is 11.8 Å². The van der Waals surface area contributed by atoms with Crippen LogP contribution in [0.4, 0.5) is 5.69 Å². The van der Waals surface area contributed by atoms with Crippen molar-refractivity contribution in [2.24, 2.45) is 11.8 Å². The fraction of sp³-hybridized carbons (Fsp3) is 0.468. The maximum Gasteiger partial charge on any atom is 0.333 e. The minimum absolute atomic E-state index is 0.0460. The van der Waals surface area contributed by atoms with Gasteiger partial charge in [-0.25, -0.2) is 4.79 Å². The van der Waals surface area contributed by atoms with Gasteiger partial charge in [0, 0.05) is 45.1 Å². The van der Waals surface area contributed by atoms with Gasteiger partial charge in [-0.3, -0.25) is 9.59 Å². The van der Waals surface area contributed by atoms with Gasteiger partial charge in [-0.2, -0.15) is 0 Å². The fourth-order valence-electron chi connectivity index (χ4n) is 10.1. The van der Waals surface area contributed by atoms with E-state index in [4.69, 9.17) is 35.3 Å². The lowest BCUT2D eigenvalue weighted by molar-refractivity contribution is -0.176. The number of halogens is 1. The Hall–Kier alpha value is -4.25. The van der Waals surface area contributed by atoms with Gasteiger partial charge in [-0.05, 0) is 105 Å². The molecule has 4 heterocycles. The molecule has 1 saturated heterocycles. The highest BCUT2D eigenvalue weighted by molar-refractivity contribution is 8.00. The number of benzene rings is 2. The first-order chi connectivity index (χ1) is 27.5. The van der Waals surface area contributed by atoms with E-state index in [0.29, 0.717) is 53.2 Å². The van der Waals surface area contributed by atoms with Crippen molar-refractivity contribution in [3.63, 3.8) is 0 Å². The maximum atomic E-state index is 15.5. The third kappa shape index (κ3) is 6.11. The van der Waals surface area contributed by atoms with E-state index in [9.17, 15) is 9.59 Å². The average Bonchev–Trinajstić information content (AvgIpc) is 3.26. The summed E-state index contributed by atoms with van der Waals surface area (Å²) in [5, 5.41) is 3.51. The van der Waals surface area contributed by atoms with Gasteiger partial charge in [0.05, 0.1) is 35.2 Å². The van der Waals surface area contributed by atoms with Crippen LogP contribution in [0.1, 0.15) is 97.8 Å². The third-order valence-corrected chi connectivity index (χ3v) is 14.3. The molecule has 2 aromatic rings. The van der Waals surface area contributed by atoms with Crippen molar-refractivity contribution in [3.05, 3.63) is 87.6 Å². The molecular weight excluding hydrogens is 774 g/mol. The Morgan fingerprint density at radius 3 is 2.47 bits per heavy atom. The third-order valence-electron chi connectivity index (χ3n) is 12.7. The Labute approximate surface area is 350 Å². The van der Waals surface area contributed by atoms with Crippen molar-refractivity contribution >= 4 is 58.5 Å². The molecule has 1 spiro atoms. The molecule has 4 bridgehead atoms. The maximum absolute atomic E-state index is 15.5. The monoisotopic (exact) mass is 825 g/mol. The molecule has 6 unspecified atom stereocenters. The van der Waals surface area contributed by atoms with Crippen LogP contribution >= 0.6 is 23.4 Å². The molecule has 3 saturated carbocycles. The largest absolute Gasteiger partial charge is 0.482 e. The van der Waals surface area contributed by atoms with Crippen molar-refractivity contribution < 1.29 is 38.1 Å². The zero-order valence-corrected chi connectivity index (χ0v) is 36.3. The lowest BCUT2D eigenvalue weighted by Gasteiger charge is -2.60. The van der Waals surface area contributed by atoms with Gasteiger partial charge in [0.25, 0.3) is 0 Å². The zero-order chi connectivity index (χ0) is 41.5. The first-order valence-corrected chi connectivity index (χ1v) is 21.5. The van der Waals surface area contributed by atoms with Crippen LogP contribution < -0.4 is 19.5 Å². The number of nitrogens with one attached hydrogen (secondary N) is 1. The van der Waals surface area contributed by atoms with Crippen LogP contribution in [0.5, 0.6) is 17.2 Å². The Kier molecular flexibility index (Phi) is 10.1. The number of anilines is 1. The SMILES string of the molecule is COC(=O)/C(C)=C\CC12OC(C)(C)C3CC(C1=O)C1Sc4ccccc4NC4=C1C32Oc1c(CC=C(C)C)c2c(c(OC(=O)CCl)c14)C=CC(C)(CCC=C(C)C)O2. The Bertz CT molecular complexity index is 2300. The number of carbonyl (C=O) groups excluding carboxylic acids is 3. The van der Waals surface area contributed by atoms with Crippen LogP contribution in [0.3, 0.4) is 0 Å². The number of hydrogen-bond donors (Lipinski definition) is 1. The molecule has 6 atom stereocenters. The van der Waals surface area contributed by atoms with Gasteiger partial charge in [-0.15, -0.1) is 23.4 Å². The van der Waals surface area contributed by atoms with Crippen LogP contribution in [0, 0.1) is 11.8 Å². The molecule has 9 rings (SSSR count). The van der Waals surface area contributed by atoms with Crippen LogP contribution in [0.15, 0.2) is 75.8 Å². The molecule has 9 nitrogen and oxygen atoms in total. The highest BCUT2D eigenvalue weighted by Gasteiger charge is 2.83. The Morgan fingerprint density at radius 2 is 1.76 bits per heavy atom. The molecule has 306 valence electrons. The lowest BCUT2D eigenvalue weighted by Crippen LogP contribution is -2.75. The number of allylic oxidation sites excluding steroid dienone is 4. The fourth-order valence-corrected chi connectivity index (χ4v) is 11.6. The molecule has 3 aliphatic carbocycles. The van der Waals surface area contributed by atoms with Crippen LogP contribution in [-0.4, -0.2) is 58.4 Å². The number of methoxy groups -OCH3 is 1. The summed E-state index contributed by atoms with van der Waals surface area (Å²) in [6.07, 6.45) is 12.7. The van der Waals surface area contributed by atoms with Crippen molar-refractivity contribution in [1.82, 2.24) is 0 Å². The number of ketones is 1. The lowest BCUT2D eigenvalue weighted by atomic mass is 9.49. The molecule has 0 amide bonds. The van der Waals surface area contributed by atoms with Gasteiger partial charge in [0.2, 0.25) is 0 Å². The summed E-state index contributed by atoms with van der Waals surface area (Å²) in [5.41, 5.74) is 2.78. The van der Waals surface area contributed by atoms with Gasteiger partial charge < -0.3 is 29.0 Å². The number of carbonyl (C=O) groups is 3. The number of Topliss-reactive ketones (excluding diaryl/α,β-unsaturated/α-hetero) is 1. The summed E-state index contributed by atoms with van der Waals surface area (Å²) >= 11 is 7.84. The number of alkyl halides is 1. The first-order valence-electron chi connectivity index (χ1n) is 20.1. The predicted octanol–water partition coefficient (Wildman–Crippen LogP) is 9.95. The summed E-state index contributed by atoms with van der Waals surface area (Å²) in [5.74, 6) is -0.932. The number of esters is 2. The predicted molar refractivity (Wildman–Crippen MR) is 228 cm³/mol. The van der Waals surface area contributed by atoms with Gasteiger partial charge in [-0.1, -0.05) is 41.5 Å². The zero-order valence-electron chi connectivity index (χ0n) is 34.7. The van der Waals surface area contributed by atoms with Crippen LogP contribution in [0.2, 0.25) is 0 Å². The van der Waals surface area contributed by atoms with E-state index in [1.165, 1.54) is 12.7 Å². The summed E-state index contributed by atoms with van der Waals surface area (Å²) in [4.78, 5) is 42.7. The minimum atomic E-state index is -1.51. The van der Waals surface area contributed by atoms with Crippen molar-refractivity contribution in [2.45, 2.75) is 120 Å². The second-order valence-corrected chi connectivity index (χ2v) is 19.0. The van der Waals surface area contributed by atoms with E-state index < -0.39 is 40.3 Å². The van der Waals surface area contributed by atoms with Crippen molar-refractivity contribution in [3.8, 4) is 17.2 Å². The Morgan fingerprint density at radius 1 is 1.02 bits per heavy atom. The van der Waals surface area contributed by atoms with E-state index in [1.807, 2.05) is 58.0 Å².